The van der Waals surface area contributed by atoms with Crippen molar-refractivity contribution in [3.05, 3.63) is 76.2 Å². The van der Waals surface area contributed by atoms with E-state index in [1.807, 2.05) is 50.4 Å². The molecule has 5 nitrogen and oxygen atoms in total. The van der Waals surface area contributed by atoms with Crippen molar-refractivity contribution >= 4 is 22.4 Å². The van der Waals surface area contributed by atoms with E-state index in [9.17, 15) is 9.59 Å². The Hall–Kier alpha value is -3.08. The van der Waals surface area contributed by atoms with Crippen LogP contribution in [0.2, 0.25) is 0 Å². The number of likely N-dealkylation sites (N-methyl/N-ethyl adjacent to an activating group) is 1. The molecule has 0 spiro atoms. The summed E-state index contributed by atoms with van der Waals surface area (Å²) in [6.45, 7) is 1.99. The van der Waals surface area contributed by atoms with Crippen LogP contribution in [-0.2, 0) is 11.2 Å². The van der Waals surface area contributed by atoms with Gasteiger partial charge in [-0.05, 0) is 35.6 Å². The van der Waals surface area contributed by atoms with E-state index in [1.54, 1.807) is 17.2 Å². The summed E-state index contributed by atoms with van der Waals surface area (Å²) in [6, 6.07) is 15.1. The first-order chi connectivity index (χ1) is 12.6. The summed E-state index contributed by atoms with van der Waals surface area (Å²) in [6.07, 6.45) is 2.41. The van der Waals surface area contributed by atoms with Gasteiger partial charge in [-0.15, -0.1) is 0 Å². The maximum absolute atomic E-state index is 13.0. The maximum atomic E-state index is 13.0. The summed E-state index contributed by atoms with van der Waals surface area (Å²) in [5.74, 6) is 0.0454. The quantitative estimate of drug-likeness (QED) is 0.765. The van der Waals surface area contributed by atoms with Crippen LogP contribution < -0.4 is 10.9 Å². The van der Waals surface area contributed by atoms with E-state index < -0.39 is 0 Å². The number of aromatic nitrogens is 1. The standard InChI is InChI=1S/C21H21N3O2/c1-13(17-12-22-20(25)16-9-5-4-8-15(16)17)24(2)21(26)19-11-14-7-3-6-10-18(14)23-19/h3-10,12-13,19,23H,11H2,1-2H3,(H,22,25)/t13-,19+/m1/s1. The number of H-pyrrole nitrogens is 1. The average molecular weight is 347 g/mol. The summed E-state index contributed by atoms with van der Waals surface area (Å²) >= 11 is 0. The molecular formula is C21H21N3O2. The number of para-hydroxylation sites is 1. The topological polar surface area (TPSA) is 65.2 Å². The van der Waals surface area contributed by atoms with E-state index in [2.05, 4.69) is 16.4 Å². The van der Waals surface area contributed by atoms with Gasteiger partial charge in [0.25, 0.3) is 5.56 Å². The minimum Gasteiger partial charge on any atom is -0.373 e. The molecule has 1 amide bonds. The van der Waals surface area contributed by atoms with Gasteiger partial charge in [-0.3, -0.25) is 9.59 Å². The number of rotatable bonds is 3. The minimum atomic E-state index is -0.256. The van der Waals surface area contributed by atoms with Crippen molar-refractivity contribution in [3.8, 4) is 0 Å². The highest BCUT2D eigenvalue weighted by Gasteiger charge is 2.31. The summed E-state index contributed by atoms with van der Waals surface area (Å²) < 4.78 is 0. The Bertz CT molecular complexity index is 1020. The smallest absolute Gasteiger partial charge is 0.255 e. The van der Waals surface area contributed by atoms with Crippen LogP contribution in [0, 0.1) is 0 Å². The highest BCUT2D eigenvalue weighted by atomic mass is 16.2. The van der Waals surface area contributed by atoms with Gasteiger partial charge in [0.1, 0.15) is 6.04 Å². The summed E-state index contributed by atoms with van der Waals surface area (Å²) in [5.41, 5.74) is 3.02. The van der Waals surface area contributed by atoms with E-state index in [4.69, 9.17) is 0 Å². The van der Waals surface area contributed by atoms with Gasteiger partial charge in [0.05, 0.1) is 6.04 Å². The van der Waals surface area contributed by atoms with Crippen LogP contribution in [0.3, 0.4) is 0 Å². The average Bonchev–Trinajstić information content (AvgIpc) is 3.11. The highest BCUT2D eigenvalue weighted by molar-refractivity contribution is 5.89. The SMILES string of the molecule is C[C@H](c1c[nH]c(=O)c2ccccc12)N(C)C(=O)[C@@H]1Cc2ccccc2N1. The van der Waals surface area contributed by atoms with Gasteiger partial charge < -0.3 is 15.2 Å². The zero-order chi connectivity index (χ0) is 18.3. The molecule has 2 heterocycles. The lowest BCUT2D eigenvalue weighted by Crippen LogP contribution is -2.41. The Morgan fingerprint density at radius 1 is 1.12 bits per heavy atom. The second kappa shape index (κ2) is 6.33. The van der Waals surface area contributed by atoms with Gasteiger partial charge >= 0.3 is 0 Å². The Balaban J connectivity index is 1.61. The van der Waals surface area contributed by atoms with E-state index in [-0.39, 0.29) is 23.6 Å². The number of nitrogens with zero attached hydrogens (tertiary/aromatic N) is 1. The Morgan fingerprint density at radius 2 is 1.81 bits per heavy atom. The van der Waals surface area contributed by atoms with Crippen molar-refractivity contribution in [3.63, 3.8) is 0 Å². The fourth-order valence-electron chi connectivity index (χ4n) is 3.67. The molecule has 26 heavy (non-hydrogen) atoms. The monoisotopic (exact) mass is 347 g/mol. The van der Waals surface area contributed by atoms with Crippen molar-refractivity contribution in [2.75, 3.05) is 12.4 Å². The molecule has 0 unspecified atom stereocenters. The van der Waals surface area contributed by atoms with Crippen LogP contribution in [-0.4, -0.2) is 28.9 Å². The van der Waals surface area contributed by atoms with E-state index in [0.29, 0.717) is 11.8 Å². The van der Waals surface area contributed by atoms with Crippen LogP contribution in [0.25, 0.3) is 10.8 Å². The molecule has 2 N–H and O–H groups in total. The van der Waals surface area contributed by atoms with Crippen molar-refractivity contribution in [2.24, 2.45) is 0 Å². The first-order valence-corrected chi connectivity index (χ1v) is 8.77. The van der Waals surface area contributed by atoms with Gasteiger partial charge in [0.15, 0.2) is 0 Å². The zero-order valence-electron chi connectivity index (χ0n) is 14.8. The van der Waals surface area contributed by atoms with E-state index >= 15 is 0 Å². The van der Waals surface area contributed by atoms with Gasteiger partial charge in [0, 0.05) is 30.7 Å². The molecule has 1 aromatic heterocycles. The summed E-state index contributed by atoms with van der Waals surface area (Å²) in [4.78, 5) is 29.6. The van der Waals surface area contributed by atoms with Crippen LogP contribution >= 0.6 is 0 Å². The predicted octanol–water partition coefficient (Wildman–Crippen LogP) is 3.08. The first kappa shape index (κ1) is 16.4. The van der Waals surface area contributed by atoms with Crippen LogP contribution in [0.4, 0.5) is 5.69 Å². The lowest BCUT2D eigenvalue weighted by molar-refractivity contribution is -0.132. The molecule has 0 fully saturated rings. The van der Waals surface area contributed by atoms with Gasteiger partial charge in [0.2, 0.25) is 5.91 Å². The zero-order valence-corrected chi connectivity index (χ0v) is 14.8. The number of fused-ring (bicyclic) bond motifs is 2. The first-order valence-electron chi connectivity index (χ1n) is 8.77. The molecule has 0 aliphatic carbocycles. The van der Waals surface area contributed by atoms with Crippen LogP contribution in [0.1, 0.15) is 24.1 Å². The Labute approximate surface area is 151 Å². The number of amides is 1. The molecule has 4 rings (SSSR count). The normalized spacial score (nSPS) is 16.8. The van der Waals surface area contributed by atoms with Gasteiger partial charge in [-0.2, -0.15) is 0 Å². The third-order valence-corrected chi connectivity index (χ3v) is 5.29. The maximum Gasteiger partial charge on any atom is 0.255 e. The van der Waals surface area contributed by atoms with Crippen molar-refractivity contribution < 1.29 is 4.79 Å². The van der Waals surface area contributed by atoms with Gasteiger partial charge in [-0.1, -0.05) is 36.4 Å². The number of aromatic amines is 1. The van der Waals surface area contributed by atoms with Crippen LogP contribution in [0.15, 0.2) is 59.5 Å². The summed E-state index contributed by atoms with van der Waals surface area (Å²) in [5, 5.41) is 4.84. The lowest BCUT2D eigenvalue weighted by atomic mass is 10.0. The third-order valence-electron chi connectivity index (χ3n) is 5.29. The van der Waals surface area contributed by atoms with Crippen molar-refractivity contribution in [1.29, 1.82) is 0 Å². The Morgan fingerprint density at radius 3 is 2.58 bits per heavy atom. The molecule has 0 saturated carbocycles. The van der Waals surface area contributed by atoms with Crippen molar-refractivity contribution in [1.82, 2.24) is 9.88 Å². The molecule has 1 aliphatic rings. The number of hydrogen-bond donors (Lipinski definition) is 2. The fraction of sp³-hybridized carbons (Fsp3) is 0.238. The van der Waals surface area contributed by atoms with Crippen molar-refractivity contribution in [2.45, 2.75) is 25.4 Å². The van der Waals surface area contributed by atoms with E-state index in [0.717, 1.165) is 16.6 Å². The number of nitrogens with one attached hydrogen (secondary N) is 2. The van der Waals surface area contributed by atoms with E-state index in [1.165, 1.54) is 5.56 Å². The number of carbonyl (C=O) groups is 1. The Kier molecular flexibility index (Phi) is 3.99. The predicted molar refractivity (Wildman–Crippen MR) is 103 cm³/mol. The molecule has 1 aliphatic heterocycles. The largest absolute Gasteiger partial charge is 0.373 e. The van der Waals surface area contributed by atoms with Crippen LogP contribution in [0.5, 0.6) is 0 Å². The number of hydrogen-bond acceptors (Lipinski definition) is 3. The number of anilines is 1. The highest BCUT2D eigenvalue weighted by Crippen LogP contribution is 2.29. The molecule has 2 aromatic carbocycles. The number of carbonyl (C=O) groups excluding carboxylic acids is 1. The molecule has 5 heteroatoms. The van der Waals surface area contributed by atoms with Gasteiger partial charge in [-0.25, -0.2) is 0 Å². The molecular weight excluding hydrogens is 326 g/mol. The molecule has 3 aromatic rings. The molecule has 2 atom stereocenters. The second-order valence-electron chi connectivity index (χ2n) is 6.80. The molecule has 132 valence electrons. The summed E-state index contributed by atoms with van der Waals surface area (Å²) in [7, 11) is 1.82. The number of pyridine rings is 1. The fourth-order valence-corrected chi connectivity index (χ4v) is 3.67. The molecule has 0 bridgehead atoms. The lowest BCUT2D eigenvalue weighted by Gasteiger charge is -2.28. The molecule has 0 saturated heterocycles. The number of benzene rings is 2. The third kappa shape index (κ3) is 2.65. The minimum absolute atomic E-state index is 0.0454. The second-order valence-corrected chi connectivity index (χ2v) is 6.80. The molecule has 0 radical (unpaired) electrons.